The van der Waals surface area contributed by atoms with Crippen LogP contribution in [0.3, 0.4) is 0 Å². The van der Waals surface area contributed by atoms with Crippen LogP contribution in [0.5, 0.6) is 0 Å². The summed E-state index contributed by atoms with van der Waals surface area (Å²) in [5.74, 6) is 0.601. The van der Waals surface area contributed by atoms with Crippen molar-refractivity contribution in [2.45, 2.75) is 26.8 Å². The molecule has 0 unspecified atom stereocenters. The van der Waals surface area contributed by atoms with Gasteiger partial charge in [0.05, 0.1) is 16.4 Å². The molecular formula is C14H18ClN3S. The van der Waals surface area contributed by atoms with Crippen molar-refractivity contribution in [1.82, 2.24) is 15.3 Å². The molecule has 2 heterocycles. The lowest BCUT2D eigenvalue weighted by Crippen LogP contribution is -2.07. The zero-order chi connectivity index (χ0) is 13.8. The van der Waals surface area contributed by atoms with E-state index in [-0.39, 0.29) is 0 Å². The van der Waals surface area contributed by atoms with Gasteiger partial charge in [0.2, 0.25) is 0 Å². The van der Waals surface area contributed by atoms with Gasteiger partial charge < -0.3 is 5.32 Å². The van der Waals surface area contributed by atoms with Crippen molar-refractivity contribution in [3.05, 3.63) is 33.9 Å². The van der Waals surface area contributed by atoms with Crippen molar-refractivity contribution in [3.8, 4) is 10.7 Å². The molecule has 2 aromatic rings. The molecule has 102 valence electrons. The number of hydrogen-bond donors (Lipinski definition) is 1. The van der Waals surface area contributed by atoms with Crippen molar-refractivity contribution < 1.29 is 0 Å². The molecule has 0 aromatic carbocycles. The maximum Gasteiger partial charge on any atom is 0.142 e. The molecule has 0 spiro atoms. The molecule has 2 rings (SSSR count). The summed E-state index contributed by atoms with van der Waals surface area (Å²) in [5.41, 5.74) is 2.07. The molecular weight excluding hydrogens is 278 g/mol. The Hall–Kier alpha value is -0.970. The van der Waals surface area contributed by atoms with Crippen LogP contribution >= 0.6 is 22.9 Å². The minimum Gasteiger partial charge on any atom is -0.315 e. The van der Waals surface area contributed by atoms with Crippen LogP contribution in [0.4, 0.5) is 0 Å². The number of nitrogens with one attached hydrogen (secondary N) is 1. The van der Waals surface area contributed by atoms with Gasteiger partial charge in [-0.3, -0.25) is 4.98 Å². The lowest BCUT2D eigenvalue weighted by Gasteiger charge is -2.03. The van der Waals surface area contributed by atoms with Gasteiger partial charge in [0.15, 0.2) is 0 Å². The van der Waals surface area contributed by atoms with Crippen LogP contribution < -0.4 is 5.32 Å². The summed E-state index contributed by atoms with van der Waals surface area (Å²) in [6, 6.07) is 3.77. The Bertz CT molecular complexity index is 534. The van der Waals surface area contributed by atoms with Crippen molar-refractivity contribution in [1.29, 1.82) is 0 Å². The number of pyridine rings is 1. The number of hydrogen-bond acceptors (Lipinski definition) is 4. The molecule has 0 bridgehead atoms. The summed E-state index contributed by atoms with van der Waals surface area (Å²) < 4.78 is 0. The van der Waals surface area contributed by atoms with E-state index in [0.29, 0.717) is 10.9 Å². The van der Waals surface area contributed by atoms with Gasteiger partial charge in [0.1, 0.15) is 5.01 Å². The Morgan fingerprint density at radius 1 is 1.37 bits per heavy atom. The lowest BCUT2D eigenvalue weighted by molar-refractivity contribution is 0.631. The lowest BCUT2D eigenvalue weighted by atomic mass is 10.1. The minimum atomic E-state index is 0.601. The maximum atomic E-state index is 5.86. The van der Waals surface area contributed by atoms with Crippen molar-refractivity contribution in [2.24, 2.45) is 5.92 Å². The van der Waals surface area contributed by atoms with E-state index < -0.39 is 0 Å². The fraction of sp³-hybridized carbons (Fsp3) is 0.429. The fourth-order valence-electron chi connectivity index (χ4n) is 1.84. The zero-order valence-corrected chi connectivity index (χ0v) is 13.0. The number of rotatable bonds is 5. The van der Waals surface area contributed by atoms with Gasteiger partial charge >= 0.3 is 0 Å². The van der Waals surface area contributed by atoms with E-state index in [1.54, 1.807) is 17.5 Å². The largest absolute Gasteiger partial charge is 0.315 e. The second-order valence-electron chi connectivity index (χ2n) is 4.88. The first-order valence-electron chi connectivity index (χ1n) is 6.35. The van der Waals surface area contributed by atoms with Gasteiger partial charge in [-0.15, -0.1) is 11.3 Å². The predicted octanol–water partition coefficient (Wildman–Crippen LogP) is 3.78. The Balaban J connectivity index is 2.33. The van der Waals surface area contributed by atoms with Gasteiger partial charge in [-0.25, -0.2) is 4.98 Å². The Morgan fingerprint density at radius 2 is 2.16 bits per heavy atom. The Morgan fingerprint density at radius 3 is 2.74 bits per heavy atom. The molecule has 3 nitrogen and oxygen atoms in total. The third-order valence-electron chi connectivity index (χ3n) is 2.66. The predicted molar refractivity (Wildman–Crippen MR) is 81.7 cm³/mol. The van der Waals surface area contributed by atoms with Crippen LogP contribution in [-0.2, 0) is 13.0 Å². The second kappa shape index (κ2) is 6.46. The smallest absolute Gasteiger partial charge is 0.142 e. The molecule has 0 radical (unpaired) electrons. The molecule has 0 fully saturated rings. The topological polar surface area (TPSA) is 37.8 Å². The van der Waals surface area contributed by atoms with E-state index in [2.05, 4.69) is 24.1 Å². The number of halogens is 1. The van der Waals surface area contributed by atoms with E-state index in [4.69, 9.17) is 16.6 Å². The first-order valence-corrected chi connectivity index (χ1v) is 7.54. The molecule has 0 aliphatic rings. The van der Waals surface area contributed by atoms with Gasteiger partial charge in [0, 0.05) is 17.6 Å². The first kappa shape index (κ1) is 14.4. The SMILES string of the molecule is CNCc1sc(-c2ccc(Cl)cn2)nc1CC(C)C. The van der Waals surface area contributed by atoms with Gasteiger partial charge in [-0.05, 0) is 31.5 Å². The Labute approximate surface area is 123 Å². The summed E-state index contributed by atoms with van der Waals surface area (Å²) in [6.45, 7) is 5.28. The standard InChI is InChI=1S/C14H18ClN3S/c1-9(2)6-12-13(8-16-3)19-14(18-12)11-5-4-10(15)7-17-11/h4-5,7,9,16H,6,8H2,1-3H3. The molecule has 0 aliphatic heterocycles. The number of aromatic nitrogens is 2. The van der Waals surface area contributed by atoms with Crippen LogP contribution in [0.1, 0.15) is 24.4 Å². The van der Waals surface area contributed by atoms with E-state index >= 15 is 0 Å². The summed E-state index contributed by atoms with van der Waals surface area (Å²) >= 11 is 7.57. The summed E-state index contributed by atoms with van der Waals surface area (Å²) in [4.78, 5) is 10.4. The quantitative estimate of drug-likeness (QED) is 0.912. The number of nitrogens with zero attached hydrogens (tertiary/aromatic N) is 2. The normalized spacial score (nSPS) is 11.2. The summed E-state index contributed by atoms with van der Waals surface area (Å²) in [6.07, 6.45) is 2.67. The average molecular weight is 296 g/mol. The monoisotopic (exact) mass is 295 g/mol. The maximum absolute atomic E-state index is 5.86. The highest BCUT2D eigenvalue weighted by molar-refractivity contribution is 7.15. The van der Waals surface area contributed by atoms with Crippen LogP contribution in [0.25, 0.3) is 10.7 Å². The van der Waals surface area contributed by atoms with E-state index in [0.717, 1.165) is 23.7 Å². The number of thiazole rings is 1. The van der Waals surface area contributed by atoms with Gasteiger partial charge in [-0.1, -0.05) is 25.4 Å². The highest BCUT2D eigenvalue weighted by Crippen LogP contribution is 2.28. The third kappa shape index (κ3) is 3.75. The molecule has 0 atom stereocenters. The van der Waals surface area contributed by atoms with Crippen LogP contribution in [-0.4, -0.2) is 17.0 Å². The zero-order valence-electron chi connectivity index (χ0n) is 11.4. The highest BCUT2D eigenvalue weighted by Gasteiger charge is 2.13. The molecule has 5 heteroatoms. The average Bonchev–Trinajstić information content (AvgIpc) is 2.73. The summed E-state index contributed by atoms with van der Waals surface area (Å²) in [5, 5.41) is 4.82. The molecule has 0 saturated carbocycles. The van der Waals surface area contributed by atoms with Crippen molar-refractivity contribution in [3.63, 3.8) is 0 Å². The third-order valence-corrected chi connectivity index (χ3v) is 4.01. The first-order chi connectivity index (χ1) is 9.10. The van der Waals surface area contributed by atoms with Gasteiger partial charge in [-0.2, -0.15) is 0 Å². The molecule has 1 N–H and O–H groups in total. The van der Waals surface area contributed by atoms with E-state index in [1.165, 1.54) is 10.6 Å². The van der Waals surface area contributed by atoms with Crippen LogP contribution in [0.15, 0.2) is 18.3 Å². The molecule has 0 saturated heterocycles. The second-order valence-corrected chi connectivity index (χ2v) is 6.40. The fourth-order valence-corrected chi connectivity index (χ4v) is 3.03. The van der Waals surface area contributed by atoms with Crippen molar-refractivity contribution >= 4 is 22.9 Å². The van der Waals surface area contributed by atoms with Gasteiger partial charge in [0.25, 0.3) is 0 Å². The molecule has 0 amide bonds. The Kier molecular flexibility index (Phi) is 4.91. The highest BCUT2D eigenvalue weighted by atomic mass is 35.5. The van der Waals surface area contributed by atoms with Crippen LogP contribution in [0, 0.1) is 5.92 Å². The molecule has 19 heavy (non-hydrogen) atoms. The molecule has 0 aliphatic carbocycles. The van der Waals surface area contributed by atoms with E-state index in [9.17, 15) is 0 Å². The molecule has 2 aromatic heterocycles. The minimum absolute atomic E-state index is 0.601. The summed E-state index contributed by atoms with van der Waals surface area (Å²) in [7, 11) is 1.96. The van der Waals surface area contributed by atoms with Crippen molar-refractivity contribution in [2.75, 3.05) is 7.05 Å². The van der Waals surface area contributed by atoms with E-state index in [1.807, 2.05) is 19.2 Å². The van der Waals surface area contributed by atoms with Crippen LogP contribution in [0.2, 0.25) is 5.02 Å².